The van der Waals surface area contributed by atoms with Crippen molar-refractivity contribution in [1.82, 2.24) is 0 Å². The van der Waals surface area contributed by atoms with Gasteiger partial charge in [0.15, 0.2) is 0 Å². The number of hydrogen-bond donors (Lipinski definition) is 0. The van der Waals surface area contributed by atoms with Crippen molar-refractivity contribution < 1.29 is 71.7 Å². The molecular weight excluding hydrogens is 409 g/mol. The monoisotopic (exact) mass is 408 g/mol. The van der Waals surface area contributed by atoms with Gasteiger partial charge in [-0.1, -0.05) is 0 Å². The first kappa shape index (κ1) is 36.0. The zero-order valence-electron chi connectivity index (χ0n) is 8.14. The molecule has 0 spiro atoms. The predicted molar refractivity (Wildman–Crippen MR) is 47.2 cm³/mol. The molecule has 0 amide bonds. The molecule has 16 nitrogen and oxygen atoms in total. The van der Waals surface area contributed by atoms with Crippen molar-refractivity contribution in [3.05, 3.63) is 61.3 Å². The van der Waals surface area contributed by atoms with Gasteiger partial charge in [-0.15, -0.1) is 0 Å². The molecular formula is KN4O12Sb. The molecule has 0 aromatic rings. The first-order valence-corrected chi connectivity index (χ1v) is 2.19. The third-order valence-electron chi connectivity index (χ3n) is 0. The Morgan fingerprint density at radius 2 is 0.444 bits per heavy atom. The van der Waals surface area contributed by atoms with Gasteiger partial charge < -0.3 is 61.3 Å². The number of hydrogen-bond acceptors (Lipinski definition) is 12. The minimum absolute atomic E-state index is 0. The van der Waals surface area contributed by atoms with Crippen LogP contribution in [-0.4, -0.2) is 44.8 Å². The summed E-state index contributed by atoms with van der Waals surface area (Å²) in [5.41, 5.74) is 0. The topological polar surface area (TPSA) is 265 Å². The van der Waals surface area contributed by atoms with Crippen LogP contribution in [0.25, 0.3) is 0 Å². The Labute approximate surface area is 155 Å². The van der Waals surface area contributed by atoms with E-state index in [0.717, 1.165) is 0 Å². The fourth-order valence-corrected chi connectivity index (χ4v) is 0. The average Bonchev–Trinajstić information content (AvgIpc) is 1.76. The summed E-state index contributed by atoms with van der Waals surface area (Å²) < 4.78 is 0. The molecule has 18 heavy (non-hydrogen) atoms. The average molecular weight is 409 g/mol. The second-order valence-electron chi connectivity index (χ2n) is 0.894. The Bertz CT molecular complexity index is 164. The summed E-state index contributed by atoms with van der Waals surface area (Å²) in [5, 5.41) is 59.0. The van der Waals surface area contributed by atoms with Crippen LogP contribution >= 0.6 is 0 Å². The minimum atomic E-state index is -1.75. The SMILES string of the molecule is O=[N+]([O-])[O-].O=[N+]([O-])[O-].O=[N+]([O-])[O-].O=[N+]([O-])[O-].[K+].[Sb+3]. The van der Waals surface area contributed by atoms with Gasteiger partial charge in [0.05, 0.1) is 20.3 Å². The maximum absolute atomic E-state index is 8.25. The quantitative estimate of drug-likeness (QED) is 0.209. The molecule has 0 bridgehead atoms. The van der Waals surface area contributed by atoms with Crippen molar-refractivity contribution in [2.45, 2.75) is 0 Å². The standard InChI is InChI=1S/K.4NO3.Sb/c;4*2-1(3)4;/q+1;4*-1;+3. The minimum Gasteiger partial charge on any atom is -0.356 e. The maximum Gasteiger partial charge on any atom is 3.00 e. The Hall–Kier alpha value is -0.745. The molecule has 0 N–H and O–H groups in total. The van der Waals surface area contributed by atoms with Crippen molar-refractivity contribution in [2.24, 2.45) is 0 Å². The summed E-state index contributed by atoms with van der Waals surface area (Å²) in [6.45, 7) is 0. The fraction of sp³-hybridized carbons (Fsp3) is 0. The van der Waals surface area contributed by atoms with E-state index in [1.807, 2.05) is 0 Å². The van der Waals surface area contributed by atoms with Crippen LogP contribution in [0, 0.1) is 61.3 Å². The van der Waals surface area contributed by atoms with Crippen LogP contribution in [0.5, 0.6) is 0 Å². The largest absolute Gasteiger partial charge is 3.00 e. The third-order valence-corrected chi connectivity index (χ3v) is 0. The Morgan fingerprint density at radius 3 is 0.444 bits per heavy atom. The molecule has 0 atom stereocenters. The van der Waals surface area contributed by atoms with E-state index in [4.69, 9.17) is 61.3 Å². The first-order valence-electron chi connectivity index (χ1n) is 2.19. The molecule has 0 saturated heterocycles. The van der Waals surface area contributed by atoms with Gasteiger partial charge in [0.25, 0.3) is 0 Å². The van der Waals surface area contributed by atoms with Crippen molar-refractivity contribution in [3.8, 4) is 0 Å². The summed E-state index contributed by atoms with van der Waals surface area (Å²) >= 11 is 0. The van der Waals surface area contributed by atoms with Crippen LogP contribution in [0.3, 0.4) is 0 Å². The molecule has 0 aromatic heterocycles. The molecule has 0 saturated carbocycles. The molecule has 0 aliphatic rings. The predicted octanol–water partition coefficient (Wildman–Crippen LogP) is -4.33. The second kappa shape index (κ2) is 29.9. The number of nitrogens with zero attached hydrogens (tertiary/aromatic N) is 4. The molecule has 98 valence electrons. The normalized spacial score (nSPS) is 5.33. The van der Waals surface area contributed by atoms with E-state index in [1.54, 1.807) is 0 Å². The van der Waals surface area contributed by atoms with Gasteiger partial charge >= 0.3 is 75.8 Å². The van der Waals surface area contributed by atoms with E-state index < -0.39 is 20.3 Å². The van der Waals surface area contributed by atoms with Crippen molar-refractivity contribution in [1.29, 1.82) is 0 Å². The van der Waals surface area contributed by atoms with Crippen molar-refractivity contribution in [3.63, 3.8) is 0 Å². The van der Waals surface area contributed by atoms with E-state index >= 15 is 0 Å². The Balaban J connectivity index is -0.0000000257. The summed E-state index contributed by atoms with van der Waals surface area (Å²) in [6, 6.07) is 0. The zero-order chi connectivity index (χ0) is 14.3. The van der Waals surface area contributed by atoms with E-state index in [1.165, 1.54) is 0 Å². The molecule has 0 rings (SSSR count). The van der Waals surface area contributed by atoms with Crippen LogP contribution in [0.1, 0.15) is 0 Å². The van der Waals surface area contributed by atoms with E-state index in [9.17, 15) is 0 Å². The molecule has 2 radical (unpaired) electrons. The molecule has 0 heterocycles. The summed E-state index contributed by atoms with van der Waals surface area (Å²) in [5.74, 6) is 0. The van der Waals surface area contributed by atoms with Crippen LogP contribution < -0.4 is 51.4 Å². The van der Waals surface area contributed by atoms with Gasteiger partial charge in [0.2, 0.25) is 0 Å². The maximum atomic E-state index is 8.25. The summed E-state index contributed by atoms with van der Waals surface area (Å²) in [6.07, 6.45) is 0. The molecule has 0 aromatic carbocycles. The van der Waals surface area contributed by atoms with E-state index in [2.05, 4.69) is 0 Å². The van der Waals surface area contributed by atoms with Crippen LogP contribution in [0.2, 0.25) is 0 Å². The molecule has 0 aliphatic heterocycles. The van der Waals surface area contributed by atoms with Crippen LogP contribution in [0.15, 0.2) is 0 Å². The van der Waals surface area contributed by atoms with Gasteiger partial charge in [-0.2, -0.15) is 0 Å². The second-order valence-corrected chi connectivity index (χ2v) is 0.894. The van der Waals surface area contributed by atoms with Gasteiger partial charge in [-0.3, -0.25) is 0 Å². The van der Waals surface area contributed by atoms with Crippen LogP contribution in [-0.2, 0) is 0 Å². The van der Waals surface area contributed by atoms with E-state index in [0.29, 0.717) is 0 Å². The summed E-state index contributed by atoms with van der Waals surface area (Å²) in [4.78, 5) is 33.0. The van der Waals surface area contributed by atoms with Gasteiger partial charge in [0, 0.05) is 0 Å². The Kier molecular flexibility index (Phi) is 59.7. The number of rotatable bonds is 0. The Morgan fingerprint density at radius 1 is 0.444 bits per heavy atom. The van der Waals surface area contributed by atoms with Gasteiger partial charge in [0.1, 0.15) is 0 Å². The molecule has 18 heteroatoms. The van der Waals surface area contributed by atoms with Crippen LogP contribution in [0.4, 0.5) is 0 Å². The fourth-order valence-electron chi connectivity index (χ4n) is 0. The third kappa shape index (κ3) is 5580. The summed E-state index contributed by atoms with van der Waals surface area (Å²) in [7, 11) is 0. The zero-order valence-corrected chi connectivity index (χ0v) is 13.8. The van der Waals surface area contributed by atoms with Crippen molar-refractivity contribution in [2.75, 3.05) is 0 Å². The molecule has 0 unspecified atom stereocenters. The molecule has 0 aliphatic carbocycles. The van der Waals surface area contributed by atoms with Crippen molar-refractivity contribution >= 4 is 24.4 Å². The van der Waals surface area contributed by atoms with E-state index in [-0.39, 0.29) is 75.8 Å². The van der Waals surface area contributed by atoms with Gasteiger partial charge in [-0.05, 0) is 0 Å². The van der Waals surface area contributed by atoms with Gasteiger partial charge in [-0.25, -0.2) is 0 Å². The first-order chi connectivity index (χ1) is 6.93. The smallest absolute Gasteiger partial charge is 0.356 e. The molecule has 0 fully saturated rings.